The molecule has 7 nitrogen and oxygen atoms in total. The highest BCUT2D eigenvalue weighted by molar-refractivity contribution is 7.10. The van der Waals surface area contributed by atoms with Crippen LogP contribution >= 0.6 is 11.3 Å². The van der Waals surface area contributed by atoms with Crippen LogP contribution in [0.15, 0.2) is 52.2 Å². The zero-order valence-corrected chi connectivity index (χ0v) is 22.5. The number of ether oxygens (including phenoxy) is 4. The average molecular weight is 524 g/mol. The molecule has 2 aromatic rings. The minimum Gasteiger partial charge on any atom is -0.493 e. The highest BCUT2D eigenvalue weighted by Gasteiger charge is 2.43. The Balaban J connectivity index is 1.64. The van der Waals surface area contributed by atoms with Gasteiger partial charge in [0.2, 0.25) is 5.75 Å². The molecule has 1 saturated carbocycles. The van der Waals surface area contributed by atoms with Crippen LogP contribution in [0.3, 0.4) is 0 Å². The van der Waals surface area contributed by atoms with E-state index in [2.05, 4.69) is 11.4 Å². The maximum Gasteiger partial charge on any atom is 0.337 e. The van der Waals surface area contributed by atoms with Crippen molar-refractivity contribution >= 4 is 23.1 Å². The molecule has 1 fully saturated rings. The lowest BCUT2D eigenvalue weighted by atomic mass is 9.72. The van der Waals surface area contributed by atoms with Crippen LogP contribution in [0, 0.1) is 0 Å². The van der Waals surface area contributed by atoms with E-state index in [-0.39, 0.29) is 17.8 Å². The van der Waals surface area contributed by atoms with Gasteiger partial charge in [-0.3, -0.25) is 4.79 Å². The summed E-state index contributed by atoms with van der Waals surface area (Å²) in [5.41, 5.74) is 3.27. The van der Waals surface area contributed by atoms with Crippen LogP contribution in [0.25, 0.3) is 0 Å². The van der Waals surface area contributed by atoms with E-state index in [1.807, 2.05) is 24.4 Å². The van der Waals surface area contributed by atoms with Gasteiger partial charge in [0.15, 0.2) is 17.3 Å². The second-order valence-corrected chi connectivity index (χ2v) is 10.7. The fourth-order valence-electron chi connectivity index (χ4n) is 5.92. The minimum absolute atomic E-state index is 0.0210. The van der Waals surface area contributed by atoms with Gasteiger partial charge in [0.05, 0.1) is 32.8 Å². The Bertz CT molecular complexity index is 1260. The van der Waals surface area contributed by atoms with Crippen molar-refractivity contribution in [2.24, 2.45) is 0 Å². The quantitative estimate of drug-likeness (QED) is 0.472. The van der Waals surface area contributed by atoms with Gasteiger partial charge < -0.3 is 24.3 Å². The molecule has 5 rings (SSSR count). The number of carbonyl (C=O) groups is 2. The van der Waals surface area contributed by atoms with Crippen molar-refractivity contribution in [3.05, 3.63) is 62.6 Å². The minimum atomic E-state index is -0.642. The molecule has 1 aliphatic heterocycles. The molecule has 2 heterocycles. The summed E-state index contributed by atoms with van der Waals surface area (Å²) in [5, 5.41) is 5.47. The van der Waals surface area contributed by atoms with Crippen molar-refractivity contribution in [3.8, 4) is 17.2 Å². The summed E-state index contributed by atoms with van der Waals surface area (Å²) < 4.78 is 22.9. The van der Waals surface area contributed by atoms with Gasteiger partial charge in [0.1, 0.15) is 6.10 Å². The summed E-state index contributed by atoms with van der Waals surface area (Å²) in [5.74, 6) is 0.459. The van der Waals surface area contributed by atoms with Crippen LogP contribution in [0.5, 0.6) is 17.2 Å². The number of methoxy groups -OCH3 is 3. The number of Topliss-reactive ketones (excluding diaryl/α,β-unsaturated/α-hetero) is 1. The summed E-state index contributed by atoms with van der Waals surface area (Å²) in [6, 6.07) is 7.74. The van der Waals surface area contributed by atoms with Crippen LogP contribution in [-0.4, -0.2) is 39.2 Å². The predicted octanol–water partition coefficient (Wildman–Crippen LogP) is 5.62. The molecule has 0 amide bonds. The number of nitrogens with one attached hydrogen (secondary N) is 1. The van der Waals surface area contributed by atoms with Crippen molar-refractivity contribution in [2.75, 3.05) is 21.3 Å². The number of thiophene rings is 1. The Morgan fingerprint density at radius 3 is 2.41 bits per heavy atom. The maximum atomic E-state index is 13.8. The van der Waals surface area contributed by atoms with Gasteiger partial charge in [0, 0.05) is 39.7 Å². The molecule has 0 unspecified atom stereocenters. The van der Waals surface area contributed by atoms with Crippen molar-refractivity contribution in [1.82, 2.24) is 5.32 Å². The van der Waals surface area contributed by atoms with Crippen LogP contribution in [-0.2, 0) is 14.3 Å². The number of hydrogen-bond donors (Lipinski definition) is 1. The number of rotatable bonds is 7. The Labute approximate surface area is 221 Å². The van der Waals surface area contributed by atoms with E-state index in [9.17, 15) is 9.59 Å². The summed E-state index contributed by atoms with van der Waals surface area (Å²) in [7, 11) is 4.66. The lowest BCUT2D eigenvalue weighted by Gasteiger charge is -2.37. The molecule has 2 atom stereocenters. The fourth-order valence-corrected chi connectivity index (χ4v) is 6.75. The Morgan fingerprint density at radius 1 is 1.00 bits per heavy atom. The summed E-state index contributed by atoms with van der Waals surface area (Å²) in [4.78, 5) is 28.7. The average Bonchev–Trinajstić information content (AvgIpc) is 3.61. The van der Waals surface area contributed by atoms with Crippen molar-refractivity contribution in [3.63, 3.8) is 0 Å². The molecule has 37 heavy (non-hydrogen) atoms. The normalized spacial score (nSPS) is 22.0. The van der Waals surface area contributed by atoms with Gasteiger partial charge in [-0.2, -0.15) is 0 Å². The van der Waals surface area contributed by atoms with Crippen molar-refractivity contribution in [1.29, 1.82) is 0 Å². The number of allylic oxidation sites excluding steroid dienone is 3. The van der Waals surface area contributed by atoms with E-state index in [4.69, 9.17) is 18.9 Å². The number of esters is 1. The molecule has 0 radical (unpaired) electrons. The van der Waals surface area contributed by atoms with E-state index in [0.717, 1.165) is 31.4 Å². The predicted molar refractivity (Wildman–Crippen MR) is 141 cm³/mol. The Kier molecular flexibility index (Phi) is 7.29. The van der Waals surface area contributed by atoms with Crippen LogP contribution in [0.4, 0.5) is 0 Å². The van der Waals surface area contributed by atoms with Crippen molar-refractivity contribution in [2.45, 2.75) is 63.4 Å². The highest BCUT2D eigenvalue weighted by Crippen LogP contribution is 2.51. The first-order valence-corrected chi connectivity index (χ1v) is 13.6. The standard InChI is InChI=1S/C29H33NO6S/c1-16-24(29(32)36-18-8-5-6-9-18)25(19-11-12-22(33-2)28(35-4)27(19)34-3)26-20(30-16)14-17(15-21(26)31)23-10-7-13-37-23/h7,10-13,17-18,25,30H,5-6,8-9,14-15H2,1-4H3/t17-,25+/m0/s1. The zero-order valence-electron chi connectivity index (χ0n) is 21.7. The second kappa shape index (κ2) is 10.6. The number of hydrogen-bond acceptors (Lipinski definition) is 8. The van der Waals surface area contributed by atoms with Gasteiger partial charge >= 0.3 is 5.97 Å². The third-order valence-corrected chi connectivity index (χ3v) is 8.65. The fraction of sp³-hybridized carbons (Fsp3) is 0.448. The lowest BCUT2D eigenvalue weighted by molar-refractivity contribution is -0.144. The third kappa shape index (κ3) is 4.63. The molecule has 0 bridgehead atoms. The van der Waals surface area contributed by atoms with Gasteiger partial charge in [-0.15, -0.1) is 11.3 Å². The molecule has 0 spiro atoms. The molecule has 3 aliphatic rings. The van der Waals surface area contributed by atoms with Crippen molar-refractivity contribution < 1.29 is 28.5 Å². The lowest BCUT2D eigenvalue weighted by Crippen LogP contribution is -2.36. The second-order valence-electron chi connectivity index (χ2n) is 9.77. The van der Waals surface area contributed by atoms with E-state index in [1.165, 1.54) is 4.88 Å². The molecule has 1 N–H and O–H groups in total. The number of ketones is 1. The van der Waals surface area contributed by atoms with E-state index in [1.54, 1.807) is 38.7 Å². The van der Waals surface area contributed by atoms with E-state index < -0.39 is 11.9 Å². The van der Waals surface area contributed by atoms with Gasteiger partial charge in [-0.25, -0.2) is 4.79 Å². The monoisotopic (exact) mass is 523 g/mol. The molecular weight excluding hydrogens is 490 g/mol. The summed E-state index contributed by atoms with van der Waals surface area (Å²) in [6.45, 7) is 1.88. The largest absolute Gasteiger partial charge is 0.493 e. The molecule has 196 valence electrons. The molecule has 0 saturated heterocycles. The van der Waals surface area contributed by atoms with E-state index in [0.29, 0.717) is 52.5 Å². The first kappa shape index (κ1) is 25.4. The first-order valence-electron chi connectivity index (χ1n) is 12.7. The van der Waals surface area contributed by atoms with Crippen LogP contribution in [0.1, 0.15) is 67.7 Å². The first-order chi connectivity index (χ1) is 18.0. The number of benzene rings is 1. The van der Waals surface area contributed by atoms with Gasteiger partial charge in [0.25, 0.3) is 0 Å². The summed E-state index contributed by atoms with van der Waals surface area (Å²) in [6.07, 6.45) is 4.82. The third-order valence-electron chi connectivity index (χ3n) is 7.61. The smallest absolute Gasteiger partial charge is 0.337 e. The van der Waals surface area contributed by atoms with Crippen LogP contribution in [0.2, 0.25) is 0 Å². The SMILES string of the molecule is COc1ccc([C@@H]2C(C(=O)OC3CCCC3)=C(C)NC3=C2C(=O)C[C@@H](c2cccs2)C3)c(OC)c1OC. The Morgan fingerprint density at radius 2 is 1.76 bits per heavy atom. The molecule has 1 aromatic carbocycles. The van der Waals surface area contributed by atoms with Gasteiger partial charge in [-0.05, 0) is 56.5 Å². The number of dihydropyridines is 1. The van der Waals surface area contributed by atoms with Crippen LogP contribution < -0.4 is 19.5 Å². The molecule has 1 aromatic heterocycles. The zero-order chi connectivity index (χ0) is 26.1. The topological polar surface area (TPSA) is 83.1 Å². The Hall–Kier alpha value is -3.26. The maximum absolute atomic E-state index is 13.8. The number of carbonyl (C=O) groups excluding carboxylic acids is 2. The molecule has 2 aliphatic carbocycles. The molecular formula is C29H33NO6S. The van der Waals surface area contributed by atoms with Gasteiger partial charge in [-0.1, -0.05) is 12.1 Å². The summed E-state index contributed by atoms with van der Waals surface area (Å²) >= 11 is 1.67. The highest BCUT2D eigenvalue weighted by atomic mass is 32.1. The van der Waals surface area contributed by atoms with E-state index >= 15 is 0 Å². The molecule has 8 heteroatoms.